The molecule has 0 atom stereocenters. The Morgan fingerprint density at radius 3 is 2.48 bits per heavy atom. The van der Waals surface area contributed by atoms with Crippen LogP contribution in [-0.2, 0) is 0 Å². The molecule has 118 valence electrons. The largest absolute Gasteiger partial charge is 0.254 e. The number of benzene rings is 2. The fourth-order valence-electron chi connectivity index (χ4n) is 3.41. The van der Waals surface area contributed by atoms with Gasteiger partial charge in [-0.25, -0.2) is 0 Å². The number of fused-ring (bicyclic) bond motifs is 4. The Morgan fingerprint density at radius 2 is 1.56 bits per heavy atom. The van der Waals surface area contributed by atoms with Crippen LogP contribution in [0.5, 0.6) is 0 Å². The smallest absolute Gasteiger partial charge is 0.0970 e. The Hall–Kier alpha value is -3.33. The molecule has 5 rings (SSSR count). The van der Waals surface area contributed by atoms with Gasteiger partial charge < -0.3 is 0 Å². The molecule has 0 bridgehead atoms. The standard InChI is InChI=1S/C22H15N3/c1-14-6-7-16-12-15(8-9-20(16)25-14)19-13-17-4-2-10-23-21(17)22-18(19)5-3-11-24-22/h2-13H,1H3. The zero-order valence-electron chi connectivity index (χ0n) is 13.8. The van der Waals surface area contributed by atoms with E-state index in [-0.39, 0.29) is 0 Å². The van der Waals surface area contributed by atoms with Gasteiger partial charge in [0.1, 0.15) is 0 Å². The minimum Gasteiger partial charge on any atom is -0.254 e. The monoisotopic (exact) mass is 321 g/mol. The summed E-state index contributed by atoms with van der Waals surface area (Å²) in [6.07, 6.45) is 3.65. The SMILES string of the molecule is Cc1ccc2cc(-c3cc4cccnc4c4ncccc34)ccc2n1. The Labute approximate surface area is 145 Å². The van der Waals surface area contributed by atoms with Gasteiger partial charge >= 0.3 is 0 Å². The lowest BCUT2D eigenvalue weighted by Gasteiger charge is -2.10. The van der Waals surface area contributed by atoms with Crippen molar-refractivity contribution >= 4 is 32.7 Å². The average molecular weight is 321 g/mol. The van der Waals surface area contributed by atoms with Crippen molar-refractivity contribution in [2.45, 2.75) is 6.92 Å². The maximum absolute atomic E-state index is 4.60. The Morgan fingerprint density at radius 1 is 0.720 bits per heavy atom. The van der Waals surface area contributed by atoms with Gasteiger partial charge in [-0.3, -0.25) is 15.0 Å². The van der Waals surface area contributed by atoms with Crippen LogP contribution in [-0.4, -0.2) is 15.0 Å². The van der Waals surface area contributed by atoms with Gasteiger partial charge in [-0.05, 0) is 54.4 Å². The Balaban J connectivity index is 1.86. The van der Waals surface area contributed by atoms with Crippen molar-refractivity contribution in [1.29, 1.82) is 0 Å². The second kappa shape index (κ2) is 5.35. The molecule has 5 aromatic rings. The molecule has 0 radical (unpaired) electrons. The molecule has 0 amide bonds. The van der Waals surface area contributed by atoms with Gasteiger partial charge in [-0.2, -0.15) is 0 Å². The zero-order valence-corrected chi connectivity index (χ0v) is 13.8. The van der Waals surface area contributed by atoms with E-state index in [1.54, 1.807) is 0 Å². The molecule has 0 fully saturated rings. The van der Waals surface area contributed by atoms with Crippen LogP contribution in [0, 0.1) is 6.92 Å². The van der Waals surface area contributed by atoms with Crippen LogP contribution in [0.3, 0.4) is 0 Å². The second-order valence-electron chi connectivity index (χ2n) is 6.26. The van der Waals surface area contributed by atoms with Crippen LogP contribution in [0.25, 0.3) is 43.8 Å². The van der Waals surface area contributed by atoms with Crippen molar-refractivity contribution in [3.8, 4) is 11.1 Å². The topological polar surface area (TPSA) is 38.7 Å². The summed E-state index contributed by atoms with van der Waals surface area (Å²) in [5, 5.41) is 3.37. The summed E-state index contributed by atoms with van der Waals surface area (Å²) in [7, 11) is 0. The van der Waals surface area contributed by atoms with E-state index in [0.717, 1.165) is 38.4 Å². The lowest BCUT2D eigenvalue weighted by Crippen LogP contribution is -1.89. The summed E-state index contributed by atoms with van der Waals surface area (Å²) in [5.74, 6) is 0. The molecule has 3 heteroatoms. The van der Waals surface area contributed by atoms with Crippen molar-refractivity contribution in [3.05, 3.63) is 78.8 Å². The lowest BCUT2D eigenvalue weighted by atomic mass is 9.96. The van der Waals surface area contributed by atoms with E-state index in [9.17, 15) is 0 Å². The van der Waals surface area contributed by atoms with Crippen molar-refractivity contribution in [3.63, 3.8) is 0 Å². The lowest BCUT2D eigenvalue weighted by molar-refractivity contribution is 1.26. The minimum absolute atomic E-state index is 0.942. The third-order valence-electron chi connectivity index (χ3n) is 4.60. The van der Waals surface area contributed by atoms with Gasteiger partial charge in [0, 0.05) is 34.2 Å². The highest BCUT2D eigenvalue weighted by Gasteiger charge is 2.10. The van der Waals surface area contributed by atoms with E-state index in [0.29, 0.717) is 0 Å². The highest BCUT2D eigenvalue weighted by molar-refractivity contribution is 6.10. The first kappa shape index (κ1) is 14.1. The van der Waals surface area contributed by atoms with Gasteiger partial charge in [0.2, 0.25) is 0 Å². The van der Waals surface area contributed by atoms with Crippen LogP contribution in [0.2, 0.25) is 0 Å². The summed E-state index contributed by atoms with van der Waals surface area (Å²) >= 11 is 0. The first-order valence-corrected chi connectivity index (χ1v) is 8.30. The molecule has 0 aliphatic rings. The summed E-state index contributed by atoms with van der Waals surface area (Å²) in [5.41, 5.74) is 6.28. The van der Waals surface area contributed by atoms with Crippen molar-refractivity contribution in [1.82, 2.24) is 15.0 Å². The number of pyridine rings is 3. The third kappa shape index (κ3) is 2.24. The van der Waals surface area contributed by atoms with E-state index in [1.165, 1.54) is 11.1 Å². The van der Waals surface area contributed by atoms with Crippen molar-refractivity contribution < 1.29 is 0 Å². The van der Waals surface area contributed by atoms with Gasteiger partial charge in [0.15, 0.2) is 0 Å². The van der Waals surface area contributed by atoms with Gasteiger partial charge in [-0.15, -0.1) is 0 Å². The highest BCUT2D eigenvalue weighted by Crippen LogP contribution is 2.34. The van der Waals surface area contributed by atoms with Crippen LogP contribution in [0.15, 0.2) is 73.1 Å². The van der Waals surface area contributed by atoms with Crippen molar-refractivity contribution in [2.75, 3.05) is 0 Å². The molecule has 0 unspecified atom stereocenters. The molecule has 25 heavy (non-hydrogen) atoms. The maximum Gasteiger partial charge on any atom is 0.0970 e. The minimum atomic E-state index is 0.942. The number of rotatable bonds is 1. The quantitative estimate of drug-likeness (QED) is 0.393. The maximum atomic E-state index is 4.60. The van der Waals surface area contributed by atoms with E-state index < -0.39 is 0 Å². The van der Waals surface area contributed by atoms with Gasteiger partial charge in [0.05, 0.1) is 16.6 Å². The second-order valence-corrected chi connectivity index (χ2v) is 6.26. The van der Waals surface area contributed by atoms with E-state index in [2.05, 4.69) is 63.5 Å². The molecule has 2 aromatic carbocycles. The molecule has 0 N–H and O–H groups in total. The number of nitrogens with zero attached hydrogens (tertiary/aromatic N) is 3. The molecule has 0 aliphatic carbocycles. The summed E-state index contributed by atoms with van der Waals surface area (Å²) < 4.78 is 0. The molecule has 0 aliphatic heterocycles. The number of hydrogen-bond donors (Lipinski definition) is 0. The van der Waals surface area contributed by atoms with E-state index >= 15 is 0 Å². The zero-order chi connectivity index (χ0) is 16.8. The predicted molar refractivity (Wildman–Crippen MR) is 103 cm³/mol. The fraction of sp³-hybridized carbons (Fsp3) is 0.0455. The molecular formula is C22H15N3. The van der Waals surface area contributed by atoms with Crippen LogP contribution >= 0.6 is 0 Å². The van der Waals surface area contributed by atoms with Crippen LogP contribution < -0.4 is 0 Å². The molecule has 0 saturated heterocycles. The first-order chi connectivity index (χ1) is 12.3. The Bertz CT molecular complexity index is 1260. The summed E-state index contributed by atoms with van der Waals surface area (Å²) in [6, 6.07) is 21.0. The van der Waals surface area contributed by atoms with Crippen LogP contribution in [0.1, 0.15) is 5.69 Å². The normalized spacial score (nSPS) is 11.4. The molecular weight excluding hydrogens is 306 g/mol. The van der Waals surface area contributed by atoms with Crippen molar-refractivity contribution in [2.24, 2.45) is 0 Å². The highest BCUT2D eigenvalue weighted by atomic mass is 14.7. The van der Waals surface area contributed by atoms with E-state index in [1.807, 2.05) is 31.5 Å². The number of aromatic nitrogens is 3. The summed E-state index contributed by atoms with van der Waals surface area (Å²) in [4.78, 5) is 13.7. The number of aryl methyl sites for hydroxylation is 1. The Kier molecular flexibility index (Phi) is 3.01. The number of hydrogen-bond acceptors (Lipinski definition) is 3. The fourth-order valence-corrected chi connectivity index (χ4v) is 3.41. The third-order valence-corrected chi connectivity index (χ3v) is 4.60. The molecule has 3 heterocycles. The molecule has 3 nitrogen and oxygen atoms in total. The molecule has 0 saturated carbocycles. The van der Waals surface area contributed by atoms with Gasteiger partial charge in [-0.1, -0.05) is 24.3 Å². The average Bonchev–Trinajstić information content (AvgIpc) is 2.67. The first-order valence-electron chi connectivity index (χ1n) is 8.30. The predicted octanol–water partition coefficient (Wildman–Crippen LogP) is 5.31. The van der Waals surface area contributed by atoms with E-state index in [4.69, 9.17) is 0 Å². The molecule has 0 spiro atoms. The molecule has 3 aromatic heterocycles. The van der Waals surface area contributed by atoms with Gasteiger partial charge in [0.25, 0.3) is 0 Å². The summed E-state index contributed by atoms with van der Waals surface area (Å²) in [6.45, 7) is 2.02. The van der Waals surface area contributed by atoms with Crippen LogP contribution in [0.4, 0.5) is 0 Å².